The molecule has 1 aromatic carbocycles. The van der Waals surface area contributed by atoms with Gasteiger partial charge < -0.3 is 9.80 Å². The zero-order chi connectivity index (χ0) is 13.5. The van der Waals surface area contributed by atoms with E-state index in [4.69, 9.17) is 0 Å². The first-order valence-electron chi connectivity index (χ1n) is 6.23. The molecule has 0 heterocycles. The first-order chi connectivity index (χ1) is 8.58. The third kappa shape index (κ3) is 4.42. The highest BCUT2D eigenvalue weighted by Crippen LogP contribution is 2.27. The summed E-state index contributed by atoms with van der Waals surface area (Å²) < 4.78 is 0.985. The molecule has 0 N–H and O–H groups in total. The minimum Gasteiger partial charge on any atom is -0.369 e. The largest absolute Gasteiger partial charge is 0.369 e. The Kier molecular flexibility index (Phi) is 6.36. The molecule has 0 amide bonds. The summed E-state index contributed by atoms with van der Waals surface area (Å²) in [4.78, 5) is 15.3. The Hall–Kier alpha value is -0.870. The van der Waals surface area contributed by atoms with E-state index in [-0.39, 0.29) is 0 Å². The summed E-state index contributed by atoms with van der Waals surface area (Å²) in [5.74, 6) is 0. The number of carbonyl (C=O) groups is 1. The molecule has 100 valence electrons. The zero-order valence-electron chi connectivity index (χ0n) is 11.3. The number of likely N-dealkylation sites (N-methyl/N-ethyl adjacent to an activating group) is 1. The number of hydrogen-bond donors (Lipinski definition) is 0. The van der Waals surface area contributed by atoms with Gasteiger partial charge in [-0.2, -0.15) is 0 Å². The molecule has 0 saturated carbocycles. The van der Waals surface area contributed by atoms with Crippen LogP contribution in [-0.4, -0.2) is 44.9 Å². The fourth-order valence-corrected chi connectivity index (χ4v) is 2.44. The Balaban J connectivity index is 2.87. The molecule has 0 bridgehead atoms. The number of carbonyl (C=O) groups excluding carboxylic acids is 1. The van der Waals surface area contributed by atoms with Crippen LogP contribution in [0.15, 0.2) is 22.7 Å². The monoisotopic (exact) mass is 312 g/mol. The maximum Gasteiger partial charge on any atom is 0.150 e. The molecular formula is C14H21BrN2O. The van der Waals surface area contributed by atoms with Gasteiger partial charge in [-0.25, -0.2) is 0 Å². The van der Waals surface area contributed by atoms with Crippen LogP contribution in [0.4, 0.5) is 5.69 Å². The van der Waals surface area contributed by atoms with Gasteiger partial charge in [0.2, 0.25) is 0 Å². The summed E-state index contributed by atoms with van der Waals surface area (Å²) >= 11 is 3.55. The van der Waals surface area contributed by atoms with E-state index in [2.05, 4.69) is 46.7 Å². The fourth-order valence-electron chi connectivity index (χ4n) is 1.80. The molecule has 1 rings (SSSR count). The van der Waals surface area contributed by atoms with Crippen molar-refractivity contribution >= 4 is 27.9 Å². The number of nitrogens with zero attached hydrogens (tertiary/aromatic N) is 2. The highest BCUT2D eigenvalue weighted by atomic mass is 79.9. The smallest absolute Gasteiger partial charge is 0.150 e. The number of hydrogen-bond acceptors (Lipinski definition) is 3. The highest BCUT2D eigenvalue weighted by molar-refractivity contribution is 9.10. The van der Waals surface area contributed by atoms with Gasteiger partial charge in [0.15, 0.2) is 0 Å². The molecule has 0 unspecified atom stereocenters. The van der Waals surface area contributed by atoms with E-state index in [0.717, 1.165) is 42.5 Å². The second kappa shape index (κ2) is 7.54. The van der Waals surface area contributed by atoms with Gasteiger partial charge in [-0.15, -0.1) is 0 Å². The molecule has 0 aliphatic heterocycles. The summed E-state index contributed by atoms with van der Waals surface area (Å²) in [7, 11) is 4.16. The Labute approximate surface area is 118 Å². The average Bonchev–Trinajstić information content (AvgIpc) is 2.34. The number of benzene rings is 1. The van der Waals surface area contributed by atoms with Gasteiger partial charge in [-0.05, 0) is 54.6 Å². The van der Waals surface area contributed by atoms with Crippen LogP contribution in [0.1, 0.15) is 23.7 Å². The Bertz CT molecular complexity index is 393. The number of halogens is 1. The summed E-state index contributed by atoms with van der Waals surface area (Å²) in [6.07, 6.45) is 1.98. The Morgan fingerprint density at radius 3 is 2.44 bits per heavy atom. The first kappa shape index (κ1) is 15.2. The molecule has 4 heteroatoms. The van der Waals surface area contributed by atoms with E-state index in [0.29, 0.717) is 5.56 Å². The van der Waals surface area contributed by atoms with Crippen LogP contribution in [0.3, 0.4) is 0 Å². The SMILES string of the molecule is CCCN(CCN(C)C)c1ccc(C=O)cc1Br. The van der Waals surface area contributed by atoms with Crippen LogP contribution in [0.5, 0.6) is 0 Å². The lowest BCUT2D eigenvalue weighted by atomic mass is 10.2. The van der Waals surface area contributed by atoms with Crippen molar-refractivity contribution in [2.24, 2.45) is 0 Å². The maximum atomic E-state index is 10.7. The predicted octanol–water partition coefficient (Wildman–Crippen LogP) is 3.04. The minimum absolute atomic E-state index is 0.703. The quantitative estimate of drug-likeness (QED) is 0.723. The number of anilines is 1. The molecule has 0 spiro atoms. The van der Waals surface area contributed by atoms with Crippen LogP contribution in [0.2, 0.25) is 0 Å². The van der Waals surface area contributed by atoms with Crippen molar-refractivity contribution in [1.29, 1.82) is 0 Å². The molecule has 0 fully saturated rings. The predicted molar refractivity (Wildman–Crippen MR) is 80.6 cm³/mol. The van der Waals surface area contributed by atoms with Crippen molar-refractivity contribution in [1.82, 2.24) is 4.90 Å². The van der Waals surface area contributed by atoms with Gasteiger partial charge in [0.05, 0.1) is 5.69 Å². The van der Waals surface area contributed by atoms with Gasteiger partial charge in [-0.3, -0.25) is 4.79 Å². The summed E-state index contributed by atoms with van der Waals surface area (Å²) in [5.41, 5.74) is 1.86. The van der Waals surface area contributed by atoms with Gasteiger partial charge in [-0.1, -0.05) is 6.92 Å². The normalized spacial score (nSPS) is 10.7. The van der Waals surface area contributed by atoms with Gasteiger partial charge >= 0.3 is 0 Å². The van der Waals surface area contributed by atoms with E-state index in [1.807, 2.05) is 18.2 Å². The van der Waals surface area contributed by atoms with Crippen molar-refractivity contribution in [3.05, 3.63) is 28.2 Å². The fraction of sp³-hybridized carbons (Fsp3) is 0.500. The van der Waals surface area contributed by atoms with Crippen molar-refractivity contribution in [3.8, 4) is 0 Å². The van der Waals surface area contributed by atoms with E-state index in [1.165, 1.54) is 0 Å². The lowest BCUT2D eigenvalue weighted by molar-refractivity contribution is 0.112. The summed E-state index contributed by atoms with van der Waals surface area (Å²) in [6.45, 7) is 5.20. The molecule has 18 heavy (non-hydrogen) atoms. The third-order valence-electron chi connectivity index (χ3n) is 2.76. The first-order valence-corrected chi connectivity index (χ1v) is 7.02. The number of aldehydes is 1. The maximum absolute atomic E-state index is 10.7. The van der Waals surface area contributed by atoms with Crippen LogP contribution >= 0.6 is 15.9 Å². The molecule has 0 aromatic heterocycles. The van der Waals surface area contributed by atoms with E-state index >= 15 is 0 Å². The average molecular weight is 313 g/mol. The molecule has 0 saturated heterocycles. The lowest BCUT2D eigenvalue weighted by Gasteiger charge is -2.27. The van der Waals surface area contributed by atoms with E-state index in [1.54, 1.807) is 0 Å². The molecule has 0 atom stereocenters. The summed E-state index contributed by atoms with van der Waals surface area (Å²) in [6, 6.07) is 5.76. The van der Waals surface area contributed by atoms with Crippen molar-refractivity contribution < 1.29 is 4.79 Å². The Morgan fingerprint density at radius 1 is 1.22 bits per heavy atom. The Morgan fingerprint density at radius 2 is 1.94 bits per heavy atom. The van der Waals surface area contributed by atoms with Gasteiger partial charge in [0, 0.05) is 29.7 Å². The minimum atomic E-state index is 0.703. The van der Waals surface area contributed by atoms with Crippen LogP contribution in [-0.2, 0) is 0 Å². The molecule has 0 aliphatic carbocycles. The molecule has 0 aliphatic rings. The third-order valence-corrected chi connectivity index (χ3v) is 3.39. The van der Waals surface area contributed by atoms with E-state index in [9.17, 15) is 4.79 Å². The molecular weight excluding hydrogens is 292 g/mol. The second-order valence-corrected chi connectivity index (χ2v) is 5.47. The zero-order valence-corrected chi connectivity index (χ0v) is 12.9. The van der Waals surface area contributed by atoms with Crippen LogP contribution < -0.4 is 4.90 Å². The molecule has 3 nitrogen and oxygen atoms in total. The topological polar surface area (TPSA) is 23.6 Å². The van der Waals surface area contributed by atoms with Crippen molar-refractivity contribution in [2.75, 3.05) is 38.6 Å². The van der Waals surface area contributed by atoms with Crippen molar-refractivity contribution in [2.45, 2.75) is 13.3 Å². The molecule has 0 radical (unpaired) electrons. The standard InChI is InChI=1S/C14H21BrN2O/c1-4-7-17(9-8-16(2)3)14-6-5-12(11-18)10-13(14)15/h5-6,10-11H,4,7-9H2,1-3H3. The second-order valence-electron chi connectivity index (χ2n) is 4.62. The van der Waals surface area contributed by atoms with Crippen LogP contribution in [0, 0.1) is 0 Å². The van der Waals surface area contributed by atoms with E-state index < -0.39 is 0 Å². The van der Waals surface area contributed by atoms with Gasteiger partial charge in [0.1, 0.15) is 6.29 Å². The van der Waals surface area contributed by atoms with Gasteiger partial charge in [0.25, 0.3) is 0 Å². The highest BCUT2D eigenvalue weighted by Gasteiger charge is 2.10. The van der Waals surface area contributed by atoms with Crippen LogP contribution in [0.25, 0.3) is 0 Å². The summed E-state index contributed by atoms with van der Waals surface area (Å²) in [5, 5.41) is 0. The van der Waals surface area contributed by atoms with Crippen molar-refractivity contribution in [3.63, 3.8) is 0 Å². The lowest BCUT2D eigenvalue weighted by Crippen LogP contribution is -2.32. The molecule has 1 aromatic rings. The number of rotatable bonds is 7.